The lowest BCUT2D eigenvalue weighted by Crippen LogP contribution is -2.20. The molecule has 0 aliphatic heterocycles. The molecule has 0 radical (unpaired) electrons. The van der Waals surface area contributed by atoms with Crippen molar-refractivity contribution in [3.63, 3.8) is 0 Å². The third-order valence-corrected chi connectivity index (χ3v) is 4.51. The number of hydrogen-bond donors (Lipinski definition) is 1. The molecule has 0 aromatic heterocycles. The van der Waals surface area contributed by atoms with Crippen LogP contribution in [0.1, 0.15) is 48.9 Å². The normalized spacial score (nSPS) is 25.2. The van der Waals surface area contributed by atoms with Gasteiger partial charge in [-0.25, -0.2) is 0 Å². The Morgan fingerprint density at radius 1 is 1.28 bits per heavy atom. The van der Waals surface area contributed by atoms with Crippen LogP contribution in [0.25, 0.3) is 0 Å². The highest BCUT2D eigenvalue weighted by atomic mass is 16.5. The van der Waals surface area contributed by atoms with Crippen LogP contribution in [0.4, 0.5) is 0 Å². The van der Waals surface area contributed by atoms with Gasteiger partial charge in [0.1, 0.15) is 5.75 Å². The molecular formula is C16H25NO. The molecule has 2 rings (SSSR count). The van der Waals surface area contributed by atoms with E-state index in [9.17, 15) is 0 Å². The monoisotopic (exact) mass is 247 g/mol. The molecule has 0 bridgehead atoms. The van der Waals surface area contributed by atoms with Crippen LogP contribution in [0.2, 0.25) is 0 Å². The SMILES string of the molecule is COc1c(C(N)C2CCC(C)C2)ccc(C)c1C. The van der Waals surface area contributed by atoms with E-state index in [1.807, 2.05) is 0 Å². The zero-order chi connectivity index (χ0) is 13.3. The van der Waals surface area contributed by atoms with Gasteiger partial charge in [-0.1, -0.05) is 25.5 Å². The average Bonchev–Trinajstić information content (AvgIpc) is 2.78. The first-order valence-electron chi connectivity index (χ1n) is 6.94. The zero-order valence-electron chi connectivity index (χ0n) is 12.0. The van der Waals surface area contributed by atoms with E-state index in [1.165, 1.54) is 36.0 Å². The Morgan fingerprint density at radius 2 is 2.00 bits per heavy atom. The van der Waals surface area contributed by atoms with Crippen LogP contribution in [0.3, 0.4) is 0 Å². The quantitative estimate of drug-likeness (QED) is 0.883. The molecule has 1 aliphatic carbocycles. The van der Waals surface area contributed by atoms with Gasteiger partial charge in [0.05, 0.1) is 7.11 Å². The van der Waals surface area contributed by atoms with Crippen molar-refractivity contribution in [3.8, 4) is 5.75 Å². The Hall–Kier alpha value is -1.02. The molecule has 1 fully saturated rings. The first-order chi connectivity index (χ1) is 8.54. The van der Waals surface area contributed by atoms with Gasteiger partial charge in [0.25, 0.3) is 0 Å². The van der Waals surface area contributed by atoms with E-state index < -0.39 is 0 Å². The van der Waals surface area contributed by atoms with Crippen LogP contribution in [0, 0.1) is 25.7 Å². The van der Waals surface area contributed by atoms with Gasteiger partial charge in [-0.15, -0.1) is 0 Å². The highest BCUT2D eigenvalue weighted by Crippen LogP contribution is 2.41. The van der Waals surface area contributed by atoms with Crippen molar-refractivity contribution in [1.29, 1.82) is 0 Å². The summed E-state index contributed by atoms with van der Waals surface area (Å²) in [5.41, 5.74) is 10.1. The van der Waals surface area contributed by atoms with Crippen molar-refractivity contribution in [3.05, 3.63) is 28.8 Å². The van der Waals surface area contributed by atoms with Gasteiger partial charge >= 0.3 is 0 Å². The van der Waals surface area contributed by atoms with Crippen LogP contribution in [-0.4, -0.2) is 7.11 Å². The Balaban J connectivity index is 2.30. The van der Waals surface area contributed by atoms with Gasteiger partial charge in [0.2, 0.25) is 0 Å². The predicted molar refractivity (Wildman–Crippen MR) is 75.9 cm³/mol. The van der Waals surface area contributed by atoms with E-state index in [-0.39, 0.29) is 6.04 Å². The Labute approximate surface area is 111 Å². The minimum Gasteiger partial charge on any atom is -0.496 e. The molecule has 2 heteroatoms. The molecule has 3 unspecified atom stereocenters. The molecule has 0 spiro atoms. The summed E-state index contributed by atoms with van der Waals surface area (Å²) >= 11 is 0. The second-order valence-corrected chi connectivity index (χ2v) is 5.83. The Bertz CT molecular complexity index is 427. The zero-order valence-corrected chi connectivity index (χ0v) is 12.0. The molecule has 1 saturated carbocycles. The average molecular weight is 247 g/mol. The Morgan fingerprint density at radius 3 is 2.56 bits per heavy atom. The first kappa shape index (κ1) is 13.4. The molecular weight excluding hydrogens is 222 g/mol. The van der Waals surface area contributed by atoms with E-state index in [0.717, 1.165) is 11.7 Å². The van der Waals surface area contributed by atoms with Gasteiger partial charge in [-0.3, -0.25) is 0 Å². The molecule has 1 aromatic rings. The molecule has 1 aliphatic rings. The second-order valence-electron chi connectivity index (χ2n) is 5.83. The topological polar surface area (TPSA) is 35.2 Å². The minimum absolute atomic E-state index is 0.115. The maximum atomic E-state index is 6.48. The molecule has 18 heavy (non-hydrogen) atoms. The standard InChI is InChI=1S/C16H25NO/c1-10-5-7-13(9-10)15(17)14-8-6-11(2)12(3)16(14)18-4/h6,8,10,13,15H,5,7,9,17H2,1-4H3. The molecule has 0 amide bonds. The largest absolute Gasteiger partial charge is 0.496 e. The van der Waals surface area contributed by atoms with Gasteiger partial charge in [0, 0.05) is 11.6 Å². The Kier molecular flexibility index (Phi) is 3.96. The van der Waals surface area contributed by atoms with Crippen molar-refractivity contribution >= 4 is 0 Å². The minimum atomic E-state index is 0.115. The van der Waals surface area contributed by atoms with Gasteiger partial charge in [0.15, 0.2) is 0 Å². The highest BCUT2D eigenvalue weighted by molar-refractivity contribution is 5.47. The smallest absolute Gasteiger partial charge is 0.126 e. The van der Waals surface area contributed by atoms with Crippen LogP contribution in [-0.2, 0) is 0 Å². The molecule has 100 valence electrons. The van der Waals surface area contributed by atoms with Gasteiger partial charge in [-0.2, -0.15) is 0 Å². The molecule has 1 aromatic carbocycles. The highest BCUT2D eigenvalue weighted by Gasteiger charge is 2.29. The van der Waals surface area contributed by atoms with E-state index >= 15 is 0 Å². The van der Waals surface area contributed by atoms with Crippen LogP contribution >= 0.6 is 0 Å². The maximum absolute atomic E-state index is 6.48. The first-order valence-corrected chi connectivity index (χ1v) is 6.94. The fourth-order valence-electron chi connectivity index (χ4n) is 3.18. The van der Waals surface area contributed by atoms with Crippen molar-refractivity contribution in [2.45, 2.75) is 46.1 Å². The summed E-state index contributed by atoms with van der Waals surface area (Å²) in [5.74, 6) is 2.41. The lowest BCUT2D eigenvalue weighted by Gasteiger charge is -2.23. The van der Waals surface area contributed by atoms with Gasteiger partial charge < -0.3 is 10.5 Å². The fraction of sp³-hybridized carbons (Fsp3) is 0.625. The van der Waals surface area contributed by atoms with Crippen molar-refractivity contribution in [2.75, 3.05) is 7.11 Å². The van der Waals surface area contributed by atoms with Crippen molar-refractivity contribution in [2.24, 2.45) is 17.6 Å². The number of aryl methyl sites for hydroxylation is 1. The van der Waals surface area contributed by atoms with Crippen molar-refractivity contribution < 1.29 is 4.74 Å². The summed E-state index contributed by atoms with van der Waals surface area (Å²) in [6, 6.07) is 4.42. The number of nitrogens with two attached hydrogens (primary N) is 1. The predicted octanol–water partition coefficient (Wildman–Crippen LogP) is 3.75. The van der Waals surface area contributed by atoms with Crippen LogP contribution < -0.4 is 10.5 Å². The van der Waals surface area contributed by atoms with E-state index in [2.05, 4.69) is 32.9 Å². The lowest BCUT2D eigenvalue weighted by molar-refractivity contribution is 0.378. The number of rotatable bonds is 3. The summed E-state index contributed by atoms with van der Waals surface area (Å²) in [4.78, 5) is 0. The van der Waals surface area contributed by atoms with Crippen LogP contribution in [0.5, 0.6) is 5.75 Å². The third-order valence-electron chi connectivity index (χ3n) is 4.51. The van der Waals surface area contributed by atoms with E-state index in [1.54, 1.807) is 7.11 Å². The van der Waals surface area contributed by atoms with E-state index in [0.29, 0.717) is 5.92 Å². The van der Waals surface area contributed by atoms with Gasteiger partial charge in [-0.05, 0) is 49.7 Å². The molecule has 3 atom stereocenters. The number of methoxy groups -OCH3 is 1. The molecule has 2 nitrogen and oxygen atoms in total. The fourth-order valence-corrected chi connectivity index (χ4v) is 3.18. The van der Waals surface area contributed by atoms with E-state index in [4.69, 9.17) is 10.5 Å². The summed E-state index contributed by atoms with van der Waals surface area (Å²) in [5, 5.41) is 0. The summed E-state index contributed by atoms with van der Waals surface area (Å²) in [6.45, 7) is 6.55. The third kappa shape index (κ3) is 2.39. The summed E-state index contributed by atoms with van der Waals surface area (Å²) < 4.78 is 5.58. The number of ether oxygens (including phenoxy) is 1. The molecule has 0 heterocycles. The second kappa shape index (κ2) is 5.31. The van der Waals surface area contributed by atoms with Crippen LogP contribution in [0.15, 0.2) is 12.1 Å². The number of hydrogen-bond acceptors (Lipinski definition) is 2. The van der Waals surface area contributed by atoms with Crippen molar-refractivity contribution in [1.82, 2.24) is 0 Å². The molecule has 2 N–H and O–H groups in total. The summed E-state index contributed by atoms with van der Waals surface area (Å²) in [6.07, 6.45) is 3.81. The lowest BCUT2D eigenvalue weighted by atomic mass is 9.89. The maximum Gasteiger partial charge on any atom is 0.126 e. The summed E-state index contributed by atoms with van der Waals surface area (Å²) in [7, 11) is 1.75. The molecule has 0 saturated heterocycles. The number of benzene rings is 1.